The topological polar surface area (TPSA) is 78.9 Å². The van der Waals surface area contributed by atoms with Crippen molar-refractivity contribution in [3.63, 3.8) is 0 Å². The van der Waals surface area contributed by atoms with Crippen molar-refractivity contribution in [2.75, 3.05) is 20.7 Å². The number of benzene rings is 1. The summed E-state index contributed by atoms with van der Waals surface area (Å²) in [6.07, 6.45) is 0.643. The van der Waals surface area contributed by atoms with Crippen LogP contribution in [0.5, 0.6) is 5.75 Å². The van der Waals surface area contributed by atoms with Gasteiger partial charge in [0.05, 0.1) is 7.11 Å². The molecule has 0 saturated heterocycles. The van der Waals surface area contributed by atoms with Crippen LogP contribution in [-0.2, 0) is 11.2 Å². The molecule has 0 heterocycles. The number of methoxy groups -OCH3 is 1. The van der Waals surface area contributed by atoms with Crippen molar-refractivity contribution in [3.8, 4) is 5.75 Å². The van der Waals surface area contributed by atoms with Gasteiger partial charge in [-0.15, -0.1) is 0 Å². The Hall–Kier alpha value is -2.24. The lowest BCUT2D eigenvalue weighted by atomic mass is 10.1. The van der Waals surface area contributed by atoms with Crippen LogP contribution in [0.2, 0.25) is 0 Å². The number of hydrogen-bond donors (Lipinski definition) is 2. The zero-order valence-corrected chi connectivity index (χ0v) is 12.8. The Bertz CT molecular complexity index is 514. The highest BCUT2D eigenvalue weighted by molar-refractivity contribution is 5.85. The van der Waals surface area contributed by atoms with Crippen molar-refractivity contribution >= 4 is 12.0 Å². The number of amides is 2. The SMILES string of the molecule is COc1cccc(CCNC(=O)N(C)C(C)(C)C(=O)O)c1. The third kappa shape index (κ3) is 4.37. The third-order valence-corrected chi connectivity index (χ3v) is 3.49. The Morgan fingerprint density at radius 3 is 2.62 bits per heavy atom. The molecule has 2 amide bonds. The lowest BCUT2D eigenvalue weighted by molar-refractivity contribution is -0.146. The van der Waals surface area contributed by atoms with Crippen molar-refractivity contribution in [1.29, 1.82) is 0 Å². The van der Waals surface area contributed by atoms with Gasteiger partial charge in [0.25, 0.3) is 0 Å². The maximum atomic E-state index is 11.9. The van der Waals surface area contributed by atoms with Crippen LogP contribution < -0.4 is 10.1 Å². The van der Waals surface area contributed by atoms with Crippen LogP contribution in [0.1, 0.15) is 19.4 Å². The average Bonchev–Trinajstić information content (AvgIpc) is 2.46. The van der Waals surface area contributed by atoms with E-state index in [2.05, 4.69) is 5.32 Å². The minimum Gasteiger partial charge on any atom is -0.497 e. The number of urea groups is 1. The predicted octanol–water partition coefficient (Wildman–Crippen LogP) is 1.74. The summed E-state index contributed by atoms with van der Waals surface area (Å²) in [4.78, 5) is 24.2. The molecule has 2 N–H and O–H groups in total. The molecule has 0 unspecified atom stereocenters. The lowest BCUT2D eigenvalue weighted by Gasteiger charge is -2.31. The molecule has 0 aliphatic carbocycles. The summed E-state index contributed by atoms with van der Waals surface area (Å²) in [5.41, 5.74) is -0.213. The van der Waals surface area contributed by atoms with E-state index in [0.717, 1.165) is 11.3 Å². The summed E-state index contributed by atoms with van der Waals surface area (Å²) in [5.74, 6) is -0.282. The van der Waals surface area contributed by atoms with E-state index in [4.69, 9.17) is 9.84 Å². The van der Waals surface area contributed by atoms with E-state index in [0.29, 0.717) is 13.0 Å². The highest BCUT2D eigenvalue weighted by Gasteiger charge is 2.34. The summed E-state index contributed by atoms with van der Waals surface area (Å²) in [6, 6.07) is 7.17. The third-order valence-electron chi connectivity index (χ3n) is 3.49. The second kappa shape index (κ2) is 6.97. The second-order valence-corrected chi connectivity index (χ2v) is 5.26. The fourth-order valence-electron chi connectivity index (χ4n) is 1.66. The van der Waals surface area contributed by atoms with Gasteiger partial charge in [-0.1, -0.05) is 12.1 Å². The predicted molar refractivity (Wildman–Crippen MR) is 79.6 cm³/mol. The largest absolute Gasteiger partial charge is 0.497 e. The molecule has 0 atom stereocenters. The number of ether oxygens (including phenoxy) is 1. The van der Waals surface area contributed by atoms with Crippen molar-refractivity contribution in [2.24, 2.45) is 0 Å². The van der Waals surface area contributed by atoms with E-state index in [9.17, 15) is 9.59 Å². The van der Waals surface area contributed by atoms with Gasteiger partial charge in [0.1, 0.15) is 11.3 Å². The molecular weight excluding hydrogens is 272 g/mol. The van der Waals surface area contributed by atoms with Gasteiger partial charge in [-0.3, -0.25) is 0 Å². The van der Waals surface area contributed by atoms with Crippen molar-refractivity contribution in [2.45, 2.75) is 25.8 Å². The highest BCUT2D eigenvalue weighted by Crippen LogP contribution is 2.14. The summed E-state index contributed by atoms with van der Waals surface area (Å²) in [5, 5.41) is 11.8. The number of carboxylic acid groups (broad SMARTS) is 1. The number of hydrogen-bond acceptors (Lipinski definition) is 3. The van der Waals surface area contributed by atoms with Gasteiger partial charge in [-0.2, -0.15) is 0 Å². The molecule has 0 aromatic heterocycles. The molecule has 6 heteroatoms. The summed E-state index contributed by atoms with van der Waals surface area (Å²) in [7, 11) is 3.07. The first-order chi connectivity index (χ1) is 9.78. The van der Waals surface area contributed by atoms with Crippen LogP contribution in [0.4, 0.5) is 4.79 Å². The molecule has 6 nitrogen and oxygen atoms in total. The molecule has 1 rings (SSSR count). The molecule has 1 aromatic carbocycles. The fraction of sp³-hybridized carbons (Fsp3) is 0.467. The Morgan fingerprint density at radius 2 is 2.05 bits per heavy atom. The van der Waals surface area contributed by atoms with Crippen LogP contribution in [0.3, 0.4) is 0 Å². The Labute approximate surface area is 124 Å². The first kappa shape index (κ1) is 16.8. The van der Waals surface area contributed by atoms with Crippen LogP contribution in [0.15, 0.2) is 24.3 Å². The first-order valence-electron chi connectivity index (χ1n) is 6.67. The lowest BCUT2D eigenvalue weighted by Crippen LogP contribution is -2.54. The number of carboxylic acids is 1. The van der Waals surface area contributed by atoms with Crippen molar-refractivity contribution in [1.82, 2.24) is 10.2 Å². The second-order valence-electron chi connectivity index (χ2n) is 5.26. The fourth-order valence-corrected chi connectivity index (χ4v) is 1.66. The Balaban J connectivity index is 2.52. The van der Waals surface area contributed by atoms with Crippen molar-refractivity contribution < 1.29 is 19.4 Å². The summed E-state index contributed by atoms with van der Waals surface area (Å²) < 4.78 is 5.13. The molecule has 1 aromatic rings. The molecule has 0 aliphatic heterocycles. The van der Waals surface area contributed by atoms with E-state index in [1.807, 2.05) is 24.3 Å². The monoisotopic (exact) mass is 294 g/mol. The molecule has 0 radical (unpaired) electrons. The molecule has 0 saturated carbocycles. The van der Waals surface area contributed by atoms with Crippen LogP contribution in [0, 0.1) is 0 Å². The zero-order valence-electron chi connectivity index (χ0n) is 12.8. The van der Waals surface area contributed by atoms with Gasteiger partial charge >= 0.3 is 12.0 Å². The molecule has 0 spiro atoms. The quantitative estimate of drug-likeness (QED) is 0.837. The number of carbonyl (C=O) groups excluding carboxylic acids is 1. The van der Waals surface area contributed by atoms with Gasteiger partial charge in [-0.25, -0.2) is 9.59 Å². The van der Waals surface area contributed by atoms with Crippen LogP contribution in [-0.4, -0.2) is 48.2 Å². The Morgan fingerprint density at radius 1 is 1.38 bits per heavy atom. The summed E-state index contributed by atoms with van der Waals surface area (Å²) in [6.45, 7) is 3.39. The molecule has 0 aliphatic rings. The molecular formula is C15H22N2O4. The number of nitrogens with one attached hydrogen (secondary N) is 1. The van der Waals surface area contributed by atoms with E-state index < -0.39 is 17.5 Å². The van der Waals surface area contributed by atoms with Gasteiger partial charge in [0.15, 0.2) is 0 Å². The van der Waals surface area contributed by atoms with Gasteiger partial charge < -0.3 is 20.1 Å². The van der Waals surface area contributed by atoms with Gasteiger partial charge in [0.2, 0.25) is 0 Å². The average molecular weight is 294 g/mol. The van der Waals surface area contributed by atoms with Crippen LogP contribution >= 0.6 is 0 Å². The standard InChI is InChI=1S/C15H22N2O4/c1-15(2,13(18)19)17(3)14(20)16-9-8-11-6-5-7-12(10-11)21-4/h5-7,10H,8-9H2,1-4H3,(H,16,20)(H,18,19). The molecule has 0 fully saturated rings. The molecule has 21 heavy (non-hydrogen) atoms. The summed E-state index contributed by atoms with van der Waals surface area (Å²) >= 11 is 0. The number of nitrogens with zero attached hydrogens (tertiary/aromatic N) is 1. The first-order valence-corrected chi connectivity index (χ1v) is 6.67. The number of carbonyl (C=O) groups is 2. The molecule has 0 bridgehead atoms. The van der Waals surface area contributed by atoms with Gasteiger partial charge in [0, 0.05) is 13.6 Å². The highest BCUT2D eigenvalue weighted by atomic mass is 16.5. The van der Waals surface area contributed by atoms with E-state index in [1.165, 1.54) is 25.8 Å². The van der Waals surface area contributed by atoms with E-state index >= 15 is 0 Å². The van der Waals surface area contributed by atoms with E-state index in [1.54, 1.807) is 7.11 Å². The normalized spacial score (nSPS) is 10.9. The van der Waals surface area contributed by atoms with Crippen LogP contribution in [0.25, 0.3) is 0 Å². The van der Waals surface area contributed by atoms with E-state index in [-0.39, 0.29) is 0 Å². The number of likely N-dealkylation sites (N-methyl/N-ethyl adjacent to an activating group) is 1. The zero-order chi connectivity index (χ0) is 16.0. The maximum Gasteiger partial charge on any atom is 0.329 e. The number of aliphatic carboxylic acids is 1. The van der Waals surface area contributed by atoms with Gasteiger partial charge in [-0.05, 0) is 38.0 Å². The number of rotatable bonds is 6. The molecule has 116 valence electrons. The smallest absolute Gasteiger partial charge is 0.329 e. The minimum absolute atomic E-state index is 0.412. The van der Waals surface area contributed by atoms with Crippen molar-refractivity contribution in [3.05, 3.63) is 29.8 Å². The Kier molecular flexibility index (Phi) is 5.58. The minimum atomic E-state index is -1.25. The maximum absolute atomic E-state index is 11.9.